The van der Waals surface area contributed by atoms with E-state index in [2.05, 4.69) is 0 Å². The average molecular weight is 375 g/mol. The molecule has 2 aromatic carbocycles. The number of carbonyl (C=O) groups is 2. The van der Waals surface area contributed by atoms with Crippen LogP contribution in [0.4, 0.5) is 8.78 Å². The summed E-state index contributed by atoms with van der Waals surface area (Å²) in [6, 6.07) is 8.66. The molecule has 7 heteroatoms. The predicted octanol–water partition coefficient (Wildman–Crippen LogP) is 3.69. The Morgan fingerprint density at radius 1 is 1.15 bits per heavy atom. The van der Waals surface area contributed by atoms with Gasteiger partial charge in [0.05, 0.1) is 12.7 Å². The molecule has 5 nitrogen and oxygen atoms in total. The van der Waals surface area contributed by atoms with Crippen LogP contribution >= 0.6 is 0 Å². The van der Waals surface area contributed by atoms with E-state index in [9.17, 15) is 18.4 Å². The van der Waals surface area contributed by atoms with Gasteiger partial charge >= 0.3 is 5.97 Å². The zero-order chi connectivity index (χ0) is 19.6. The summed E-state index contributed by atoms with van der Waals surface area (Å²) in [6.45, 7) is 0.770. The lowest BCUT2D eigenvalue weighted by molar-refractivity contribution is 0.0690. The number of halogens is 2. The highest BCUT2D eigenvalue weighted by Crippen LogP contribution is 2.31. The third-order valence-corrected chi connectivity index (χ3v) is 4.83. The molecule has 142 valence electrons. The van der Waals surface area contributed by atoms with E-state index in [1.165, 1.54) is 30.2 Å². The van der Waals surface area contributed by atoms with Crippen molar-refractivity contribution in [3.63, 3.8) is 0 Å². The van der Waals surface area contributed by atoms with Crippen LogP contribution in [0.1, 0.15) is 45.0 Å². The van der Waals surface area contributed by atoms with E-state index in [0.29, 0.717) is 19.5 Å². The van der Waals surface area contributed by atoms with E-state index < -0.39 is 29.1 Å². The van der Waals surface area contributed by atoms with Gasteiger partial charge in [0.25, 0.3) is 5.91 Å². The molecule has 0 unspecified atom stereocenters. The van der Waals surface area contributed by atoms with Gasteiger partial charge in [-0.25, -0.2) is 13.6 Å². The van der Waals surface area contributed by atoms with Crippen LogP contribution in [0.3, 0.4) is 0 Å². The van der Waals surface area contributed by atoms with Crippen LogP contribution < -0.4 is 4.74 Å². The molecule has 0 aromatic heterocycles. The Bertz CT molecular complexity index is 867. The Hall–Kier alpha value is -2.96. The molecular weight excluding hydrogens is 356 g/mol. The smallest absolute Gasteiger partial charge is 0.335 e. The summed E-state index contributed by atoms with van der Waals surface area (Å²) in [5, 5.41) is 8.99. The van der Waals surface area contributed by atoms with E-state index in [0.717, 1.165) is 18.1 Å². The van der Waals surface area contributed by atoms with Gasteiger partial charge in [0.15, 0.2) is 11.6 Å². The molecule has 0 radical (unpaired) electrons. The number of amides is 1. The van der Waals surface area contributed by atoms with E-state index in [1.54, 1.807) is 12.1 Å². The summed E-state index contributed by atoms with van der Waals surface area (Å²) >= 11 is 0. The van der Waals surface area contributed by atoms with Crippen LogP contribution in [-0.4, -0.2) is 42.1 Å². The number of benzene rings is 2. The van der Waals surface area contributed by atoms with Crippen molar-refractivity contribution in [1.82, 2.24) is 4.90 Å². The summed E-state index contributed by atoms with van der Waals surface area (Å²) in [4.78, 5) is 25.3. The lowest BCUT2D eigenvalue weighted by Gasteiger charge is -2.33. The summed E-state index contributed by atoms with van der Waals surface area (Å²) in [5.41, 5.74) is 0.692. The first-order chi connectivity index (χ1) is 12.9. The van der Waals surface area contributed by atoms with Crippen LogP contribution in [-0.2, 0) is 0 Å². The number of carbonyl (C=O) groups excluding carboxylic acids is 1. The van der Waals surface area contributed by atoms with Crippen LogP contribution in [0.5, 0.6) is 5.75 Å². The van der Waals surface area contributed by atoms with E-state index in [1.807, 2.05) is 0 Å². The standard InChI is InChI=1S/C20H19F2NO4/c1-27-16-9-8-15(21)18(22)17(16)19(24)23-10-2-3-14(11-23)12-4-6-13(7-5-12)20(25)26/h4-9,14H,2-3,10-11H2,1H3,(H,25,26)/t14-/m0/s1. The van der Waals surface area contributed by atoms with E-state index in [-0.39, 0.29) is 17.2 Å². The van der Waals surface area contributed by atoms with Crippen molar-refractivity contribution in [3.05, 3.63) is 64.7 Å². The Morgan fingerprint density at radius 2 is 1.85 bits per heavy atom. The first kappa shape index (κ1) is 18.8. The second kappa shape index (κ2) is 7.73. The molecule has 1 aliphatic rings. The van der Waals surface area contributed by atoms with Gasteiger partial charge < -0.3 is 14.7 Å². The van der Waals surface area contributed by atoms with Crippen LogP contribution in [0.2, 0.25) is 0 Å². The molecule has 3 rings (SSSR count). The van der Waals surface area contributed by atoms with E-state index >= 15 is 0 Å². The number of hydrogen-bond donors (Lipinski definition) is 1. The quantitative estimate of drug-likeness (QED) is 0.885. The minimum absolute atomic E-state index is 0.00633. The molecule has 1 amide bonds. The Balaban J connectivity index is 1.83. The number of hydrogen-bond acceptors (Lipinski definition) is 3. The second-order valence-corrected chi connectivity index (χ2v) is 6.46. The Labute approximate surface area is 155 Å². The fourth-order valence-electron chi connectivity index (χ4n) is 3.39. The second-order valence-electron chi connectivity index (χ2n) is 6.46. The molecular formula is C20H19F2NO4. The van der Waals surface area contributed by atoms with Gasteiger partial charge in [-0.1, -0.05) is 12.1 Å². The van der Waals surface area contributed by atoms with Crippen molar-refractivity contribution in [2.45, 2.75) is 18.8 Å². The molecule has 0 saturated carbocycles. The number of rotatable bonds is 4. The number of ether oxygens (including phenoxy) is 1. The van der Waals surface area contributed by atoms with Crippen molar-refractivity contribution in [3.8, 4) is 5.75 Å². The molecule has 27 heavy (non-hydrogen) atoms. The molecule has 1 atom stereocenters. The monoisotopic (exact) mass is 375 g/mol. The maximum Gasteiger partial charge on any atom is 0.335 e. The van der Waals surface area contributed by atoms with Gasteiger partial charge in [0.2, 0.25) is 0 Å². The average Bonchev–Trinajstić information content (AvgIpc) is 2.69. The van der Waals surface area contributed by atoms with Gasteiger partial charge in [0.1, 0.15) is 11.3 Å². The van der Waals surface area contributed by atoms with Gasteiger partial charge in [-0.2, -0.15) is 0 Å². The minimum atomic E-state index is -1.22. The molecule has 0 spiro atoms. The number of nitrogens with zero attached hydrogens (tertiary/aromatic N) is 1. The van der Waals surface area contributed by atoms with Crippen LogP contribution in [0.25, 0.3) is 0 Å². The van der Waals surface area contributed by atoms with Crippen molar-refractivity contribution in [1.29, 1.82) is 0 Å². The molecule has 0 aliphatic carbocycles. The molecule has 1 heterocycles. The summed E-state index contributed by atoms with van der Waals surface area (Å²) < 4.78 is 32.9. The SMILES string of the molecule is COc1ccc(F)c(F)c1C(=O)N1CCC[C@H](c2ccc(C(=O)O)cc2)C1. The summed E-state index contributed by atoms with van der Waals surface area (Å²) in [5.74, 6) is -3.95. The van der Waals surface area contributed by atoms with Crippen molar-refractivity contribution in [2.24, 2.45) is 0 Å². The Morgan fingerprint density at radius 3 is 2.48 bits per heavy atom. The Kier molecular flexibility index (Phi) is 5.39. The number of carboxylic acids is 1. The van der Waals surface area contributed by atoms with Gasteiger partial charge in [-0.15, -0.1) is 0 Å². The molecule has 2 aromatic rings. The molecule has 0 bridgehead atoms. The van der Waals surface area contributed by atoms with E-state index in [4.69, 9.17) is 9.84 Å². The largest absolute Gasteiger partial charge is 0.496 e. The summed E-state index contributed by atoms with van der Waals surface area (Å²) in [6.07, 6.45) is 1.52. The molecule has 1 aliphatic heterocycles. The fraction of sp³-hybridized carbons (Fsp3) is 0.300. The highest BCUT2D eigenvalue weighted by molar-refractivity contribution is 5.97. The number of aromatic carboxylic acids is 1. The zero-order valence-corrected chi connectivity index (χ0v) is 14.7. The number of piperidine rings is 1. The van der Waals surface area contributed by atoms with Gasteiger partial charge in [-0.3, -0.25) is 4.79 Å². The molecule has 1 saturated heterocycles. The lowest BCUT2D eigenvalue weighted by atomic mass is 9.89. The third kappa shape index (κ3) is 3.77. The van der Waals surface area contributed by atoms with Crippen molar-refractivity contribution < 1.29 is 28.2 Å². The fourth-order valence-corrected chi connectivity index (χ4v) is 3.39. The van der Waals surface area contributed by atoms with Gasteiger partial charge in [0, 0.05) is 19.0 Å². The first-order valence-corrected chi connectivity index (χ1v) is 8.57. The van der Waals surface area contributed by atoms with Crippen molar-refractivity contribution >= 4 is 11.9 Å². The minimum Gasteiger partial charge on any atom is -0.496 e. The van der Waals surface area contributed by atoms with Gasteiger partial charge in [-0.05, 0) is 42.7 Å². The van der Waals surface area contributed by atoms with Crippen LogP contribution in [0.15, 0.2) is 36.4 Å². The first-order valence-electron chi connectivity index (χ1n) is 8.57. The highest BCUT2D eigenvalue weighted by Gasteiger charge is 2.30. The molecule has 1 fully saturated rings. The number of methoxy groups -OCH3 is 1. The summed E-state index contributed by atoms with van der Waals surface area (Å²) in [7, 11) is 1.30. The maximum atomic E-state index is 14.2. The van der Waals surface area contributed by atoms with Crippen LogP contribution in [0, 0.1) is 11.6 Å². The predicted molar refractivity (Wildman–Crippen MR) is 94.2 cm³/mol. The number of likely N-dealkylation sites (tertiary alicyclic amines) is 1. The van der Waals surface area contributed by atoms with Crippen molar-refractivity contribution in [2.75, 3.05) is 20.2 Å². The maximum absolute atomic E-state index is 14.2. The topological polar surface area (TPSA) is 66.8 Å². The highest BCUT2D eigenvalue weighted by atomic mass is 19.2. The zero-order valence-electron chi connectivity index (χ0n) is 14.7. The third-order valence-electron chi connectivity index (χ3n) is 4.83. The normalized spacial score (nSPS) is 16.9. The lowest BCUT2D eigenvalue weighted by Crippen LogP contribution is -2.39. The molecule has 1 N–H and O–H groups in total. The number of carboxylic acid groups (broad SMARTS) is 1.